The highest BCUT2D eigenvalue weighted by Crippen LogP contribution is 2.28. The lowest BCUT2D eigenvalue weighted by Gasteiger charge is -2.17. The molecule has 0 atom stereocenters. The monoisotopic (exact) mass is 237 g/mol. The Morgan fingerprint density at radius 3 is 2.31 bits per heavy atom. The summed E-state index contributed by atoms with van der Waals surface area (Å²) in [6.45, 7) is 1.88. The van der Waals surface area contributed by atoms with Crippen LogP contribution in [0.15, 0.2) is 11.6 Å². The van der Waals surface area contributed by atoms with E-state index in [0.29, 0.717) is 0 Å². The number of aliphatic carboxylic acids is 1. The summed E-state index contributed by atoms with van der Waals surface area (Å²) in [6, 6.07) is 0. The molecule has 0 bridgehead atoms. The van der Waals surface area contributed by atoms with Crippen LogP contribution in [0, 0.1) is 0 Å². The van der Waals surface area contributed by atoms with E-state index in [1.807, 2.05) is 4.90 Å². The van der Waals surface area contributed by atoms with E-state index in [1.165, 1.54) is 0 Å². The Balaban J connectivity index is 2.54. The molecule has 1 N–H and O–H groups in total. The van der Waals surface area contributed by atoms with Gasteiger partial charge in [-0.3, -0.25) is 0 Å². The van der Waals surface area contributed by atoms with Crippen molar-refractivity contribution in [3.8, 4) is 0 Å². The van der Waals surface area contributed by atoms with Gasteiger partial charge in [-0.05, 0) is 32.4 Å². The highest BCUT2D eigenvalue weighted by molar-refractivity contribution is 5.80. The van der Waals surface area contributed by atoms with E-state index in [2.05, 4.69) is 0 Å². The molecule has 92 valence electrons. The van der Waals surface area contributed by atoms with Crippen LogP contribution in [0.2, 0.25) is 0 Å². The number of likely N-dealkylation sites (tertiary alicyclic amines) is 1. The van der Waals surface area contributed by atoms with Crippen LogP contribution in [0.3, 0.4) is 0 Å². The van der Waals surface area contributed by atoms with Crippen molar-refractivity contribution in [3.05, 3.63) is 11.6 Å². The number of carboxylic acid groups (broad SMARTS) is 1. The topological polar surface area (TPSA) is 40.5 Å². The van der Waals surface area contributed by atoms with E-state index in [1.54, 1.807) is 0 Å². The number of nitrogens with zero attached hydrogens (tertiary/aromatic N) is 1. The zero-order valence-corrected chi connectivity index (χ0v) is 8.76. The Hall–Kier alpha value is -1.04. The fraction of sp³-hybridized carbons (Fsp3) is 0.700. The molecule has 1 heterocycles. The van der Waals surface area contributed by atoms with E-state index in [4.69, 9.17) is 5.11 Å². The molecule has 0 aromatic rings. The Bertz CT molecular complexity index is 280. The predicted octanol–water partition coefficient (Wildman–Crippen LogP) is 2.05. The summed E-state index contributed by atoms with van der Waals surface area (Å²) in [5.41, 5.74) is -0.966. The maximum Gasteiger partial charge on any atom is 0.412 e. The molecule has 0 spiro atoms. The van der Waals surface area contributed by atoms with Gasteiger partial charge in [0, 0.05) is 18.2 Å². The number of hydrogen-bond donors (Lipinski definition) is 1. The van der Waals surface area contributed by atoms with Gasteiger partial charge in [0.1, 0.15) is 0 Å². The number of alkyl halides is 3. The first-order chi connectivity index (χ1) is 7.39. The standard InChI is InChI=1S/C10H14F3NO2/c11-10(12,13)8(7-9(15)16)3-6-14-4-1-2-5-14/h7H,1-6H2,(H,15,16)/b8-7+. The van der Waals surface area contributed by atoms with Crippen LogP contribution in [-0.2, 0) is 4.79 Å². The van der Waals surface area contributed by atoms with Gasteiger partial charge in [-0.1, -0.05) is 0 Å². The van der Waals surface area contributed by atoms with Gasteiger partial charge in [-0.15, -0.1) is 0 Å². The van der Waals surface area contributed by atoms with Crippen molar-refractivity contribution in [2.24, 2.45) is 0 Å². The first-order valence-corrected chi connectivity index (χ1v) is 5.12. The molecule has 3 nitrogen and oxygen atoms in total. The van der Waals surface area contributed by atoms with Gasteiger partial charge in [0.25, 0.3) is 0 Å². The van der Waals surface area contributed by atoms with Crippen LogP contribution in [0.4, 0.5) is 13.2 Å². The molecular weight excluding hydrogens is 223 g/mol. The summed E-state index contributed by atoms with van der Waals surface area (Å²) in [6.07, 6.45) is -2.53. The fourth-order valence-corrected chi connectivity index (χ4v) is 1.73. The number of carboxylic acids is 1. The van der Waals surface area contributed by atoms with Crippen molar-refractivity contribution in [1.29, 1.82) is 0 Å². The lowest BCUT2D eigenvalue weighted by Crippen LogP contribution is -2.24. The zero-order chi connectivity index (χ0) is 12.2. The average molecular weight is 237 g/mol. The summed E-state index contributed by atoms with van der Waals surface area (Å²) in [5, 5.41) is 8.35. The van der Waals surface area contributed by atoms with Gasteiger partial charge in [0.15, 0.2) is 0 Å². The second-order valence-corrected chi connectivity index (χ2v) is 3.80. The van der Waals surface area contributed by atoms with E-state index in [9.17, 15) is 18.0 Å². The second kappa shape index (κ2) is 5.34. The van der Waals surface area contributed by atoms with Crippen LogP contribution in [0.1, 0.15) is 19.3 Å². The van der Waals surface area contributed by atoms with Crippen LogP contribution in [0.5, 0.6) is 0 Å². The Morgan fingerprint density at radius 1 is 1.31 bits per heavy atom. The SMILES string of the molecule is O=C(O)/C=C(\CCN1CCCC1)C(F)(F)F. The number of carbonyl (C=O) groups is 1. The summed E-state index contributed by atoms with van der Waals surface area (Å²) < 4.78 is 37.2. The van der Waals surface area contributed by atoms with E-state index in [0.717, 1.165) is 25.9 Å². The van der Waals surface area contributed by atoms with Crippen molar-refractivity contribution in [3.63, 3.8) is 0 Å². The minimum atomic E-state index is -4.54. The Kier molecular flexibility index (Phi) is 4.35. The van der Waals surface area contributed by atoms with Gasteiger partial charge in [-0.25, -0.2) is 4.79 Å². The largest absolute Gasteiger partial charge is 0.478 e. The molecule has 1 fully saturated rings. The third kappa shape index (κ3) is 4.22. The van der Waals surface area contributed by atoms with Crippen molar-refractivity contribution in [1.82, 2.24) is 4.90 Å². The Labute approximate surface area is 91.5 Å². The third-order valence-corrected chi connectivity index (χ3v) is 2.56. The van der Waals surface area contributed by atoms with Gasteiger partial charge in [0.2, 0.25) is 0 Å². The average Bonchev–Trinajstić information content (AvgIpc) is 2.62. The predicted molar refractivity (Wildman–Crippen MR) is 52.1 cm³/mol. The first-order valence-electron chi connectivity index (χ1n) is 5.12. The normalized spacial score (nSPS) is 19.1. The van der Waals surface area contributed by atoms with E-state index < -0.39 is 17.7 Å². The van der Waals surface area contributed by atoms with Gasteiger partial charge in [0.05, 0.1) is 0 Å². The highest BCUT2D eigenvalue weighted by Gasteiger charge is 2.34. The van der Waals surface area contributed by atoms with E-state index >= 15 is 0 Å². The molecule has 1 saturated heterocycles. The lowest BCUT2D eigenvalue weighted by molar-refractivity contribution is -0.132. The molecule has 1 aliphatic heterocycles. The maximum absolute atomic E-state index is 12.4. The molecule has 0 aromatic heterocycles. The lowest BCUT2D eigenvalue weighted by atomic mass is 10.1. The molecular formula is C10H14F3NO2. The fourth-order valence-electron chi connectivity index (χ4n) is 1.73. The first kappa shape index (κ1) is 13.0. The van der Waals surface area contributed by atoms with Crippen LogP contribution in [0.25, 0.3) is 0 Å². The zero-order valence-electron chi connectivity index (χ0n) is 8.76. The Morgan fingerprint density at radius 2 is 1.88 bits per heavy atom. The minimum Gasteiger partial charge on any atom is -0.478 e. The van der Waals surface area contributed by atoms with Crippen molar-refractivity contribution >= 4 is 5.97 Å². The smallest absolute Gasteiger partial charge is 0.412 e. The van der Waals surface area contributed by atoms with Gasteiger partial charge in [-0.2, -0.15) is 13.2 Å². The molecule has 0 aromatic carbocycles. The number of rotatable bonds is 4. The molecule has 0 amide bonds. The molecule has 0 unspecified atom stereocenters. The molecule has 0 aliphatic carbocycles. The second-order valence-electron chi connectivity index (χ2n) is 3.80. The molecule has 16 heavy (non-hydrogen) atoms. The molecule has 1 aliphatic rings. The van der Waals surface area contributed by atoms with Crippen LogP contribution < -0.4 is 0 Å². The number of hydrogen-bond acceptors (Lipinski definition) is 2. The highest BCUT2D eigenvalue weighted by atomic mass is 19.4. The quantitative estimate of drug-likeness (QED) is 0.761. The van der Waals surface area contributed by atoms with Gasteiger partial charge < -0.3 is 10.0 Å². The maximum atomic E-state index is 12.4. The van der Waals surface area contributed by atoms with Gasteiger partial charge >= 0.3 is 12.1 Å². The van der Waals surface area contributed by atoms with Crippen molar-refractivity contribution in [2.75, 3.05) is 19.6 Å². The third-order valence-electron chi connectivity index (χ3n) is 2.56. The summed E-state index contributed by atoms with van der Waals surface area (Å²) in [5.74, 6) is -1.55. The molecule has 0 saturated carbocycles. The summed E-state index contributed by atoms with van der Waals surface area (Å²) in [4.78, 5) is 12.2. The number of halogens is 3. The van der Waals surface area contributed by atoms with Crippen LogP contribution >= 0.6 is 0 Å². The molecule has 6 heteroatoms. The molecule has 1 rings (SSSR count). The van der Waals surface area contributed by atoms with Crippen LogP contribution in [-0.4, -0.2) is 41.8 Å². The summed E-state index contributed by atoms with van der Waals surface area (Å²) in [7, 11) is 0. The van der Waals surface area contributed by atoms with E-state index in [-0.39, 0.29) is 19.0 Å². The van der Waals surface area contributed by atoms with Crippen molar-refractivity contribution in [2.45, 2.75) is 25.4 Å². The van der Waals surface area contributed by atoms with Crippen molar-refractivity contribution < 1.29 is 23.1 Å². The summed E-state index contributed by atoms with van der Waals surface area (Å²) >= 11 is 0. The minimum absolute atomic E-state index is 0.254. The molecule has 0 radical (unpaired) electrons.